The summed E-state index contributed by atoms with van der Waals surface area (Å²) in [5.74, 6) is 0. The first-order valence-electron chi connectivity index (χ1n) is 7.06. The van der Waals surface area contributed by atoms with Crippen LogP contribution in [0.4, 0.5) is 11.4 Å². The van der Waals surface area contributed by atoms with E-state index in [0.29, 0.717) is 6.04 Å². The van der Waals surface area contributed by atoms with Crippen LogP contribution < -0.4 is 10.2 Å². The summed E-state index contributed by atoms with van der Waals surface area (Å²) >= 11 is 0. The van der Waals surface area contributed by atoms with Crippen LogP contribution in [0.3, 0.4) is 0 Å². The Morgan fingerprint density at radius 3 is 2.58 bits per heavy atom. The van der Waals surface area contributed by atoms with Gasteiger partial charge in [0.1, 0.15) is 0 Å². The molecule has 0 spiro atoms. The lowest BCUT2D eigenvalue weighted by atomic mass is 10.2. The van der Waals surface area contributed by atoms with Gasteiger partial charge in [0.2, 0.25) is 0 Å². The topological polar surface area (TPSA) is 33.7 Å². The molecule has 1 aromatic rings. The van der Waals surface area contributed by atoms with Crippen LogP contribution in [0.15, 0.2) is 24.3 Å². The first-order chi connectivity index (χ1) is 9.29. The summed E-state index contributed by atoms with van der Waals surface area (Å²) in [6.07, 6.45) is 0. The fraction of sp³-hybridized carbons (Fsp3) is 0.600. The molecule has 0 saturated carbocycles. The predicted molar refractivity (Wildman–Crippen MR) is 79.1 cm³/mol. The molecule has 1 fully saturated rings. The van der Waals surface area contributed by atoms with Crippen molar-refractivity contribution >= 4 is 11.4 Å². The Labute approximate surface area is 115 Å². The molecule has 19 heavy (non-hydrogen) atoms. The van der Waals surface area contributed by atoms with Gasteiger partial charge in [-0.1, -0.05) is 0 Å². The third-order valence-corrected chi connectivity index (χ3v) is 3.23. The lowest BCUT2D eigenvalue weighted by Gasteiger charge is -2.29. The van der Waals surface area contributed by atoms with Gasteiger partial charge < -0.3 is 19.7 Å². The highest BCUT2D eigenvalue weighted by molar-refractivity contribution is 5.55. The second-order valence-corrected chi connectivity index (χ2v) is 4.85. The van der Waals surface area contributed by atoms with E-state index in [0.717, 1.165) is 45.2 Å². The first-order valence-corrected chi connectivity index (χ1v) is 7.06. The molecule has 1 aromatic carbocycles. The van der Waals surface area contributed by atoms with Crippen molar-refractivity contribution in [2.24, 2.45) is 0 Å². The Kier molecular flexibility index (Phi) is 5.48. The molecule has 1 heterocycles. The van der Waals surface area contributed by atoms with Crippen LogP contribution in [-0.4, -0.2) is 45.6 Å². The second-order valence-electron chi connectivity index (χ2n) is 4.85. The lowest BCUT2D eigenvalue weighted by molar-refractivity contribution is 0.122. The molecule has 1 saturated heterocycles. The molecule has 4 nitrogen and oxygen atoms in total. The van der Waals surface area contributed by atoms with Gasteiger partial charge in [0.05, 0.1) is 19.8 Å². The third kappa shape index (κ3) is 4.40. The third-order valence-electron chi connectivity index (χ3n) is 3.23. The maximum Gasteiger partial charge on any atom is 0.0664 e. The van der Waals surface area contributed by atoms with Gasteiger partial charge >= 0.3 is 0 Å². The smallest absolute Gasteiger partial charge is 0.0664 e. The average Bonchev–Trinajstić information content (AvgIpc) is 2.47. The van der Waals surface area contributed by atoms with E-state index in [1.807, 2.05) is 6.92 Å². The van der Waals surface area contributed by atoms with Crippen LogP contribution in [0.2, 0.25) is 0 Å². The van der Waals surface area contributed by atoms with Gasteiger partial charge in [0.25, 0.3) is 0 Å². The van der Waals surface area contributed by atoms with E-state index in [9.17, 15) is 0 Å². The fourth-order valence-electron chi connectivity index (χ4n) is 2.21. The van der Waals surface area contributed by atoms with Crippen LogP contribution in [0.1, 0.15) is 13.8 Å². The molecule has 1 aliphatic rings. The number of anilines is 2. The minimum Gasteiger partial charge on any atom is -0.380 e. The highest BCUT2D eigenvalue weighted by Gasteiger charge is 2.10. The van der Waals surface area contributed by atoms with Gasteiger partial charge in [-0.05, 0) is 38.1 Å². The van der Waals surface area contributed by atoms with Crippen molar-refractivity contribution < 1.29 is 9.47 Å². The molecule has 0 aliphatic carbocycles. The minimum absolute atomic E-state index is 0.328. The maximum atomic E-state index is 5.40. The number of benzene rings is 1. The van der Waals surface area contributed by atoms with Crippen LogP contribution in [0.5, 0.6) is 0 Å². The quantitative estimate of drug-likeness (QED) is 0.855. The normalized spacial score (nSPS) is 17.3. The van der Waals surface area contributed by atoms with Crippen molar-refractivity contribution in [3.8, 4) is 0 Å². The molecular weight excluding hydrogens is 240 g/mol. The minimum atomic E-state index is 0.328. The van der Waals surface area contributed by atoms with Crippen molar-refractivity contribution in [3.05, 3.63) is 24.3 Å². The Morgan fingerprint density at radius 2 is 1.95 bits per heavy atom. The molecular formula is C15H24N2O2. The molecule has 0 bridgehead atoms. The molecule has 106 valence electrons. The zero-order valence-corrected chi connectivity index (χ0v) is 11.9. The van der Waals surface area contributed by atoms with Crippen molar-refractivity contribution in [2.45, 2.75) is 19.9 Å². The van der Waals surface area contributed by atoms with Crippen molar-refractivity contribution in [3.63, 3.8) is 0 Å². The Hall–Kier alpha value is -1.26. The number of ether oxygens (including phenoxy) is 2. The predicted octanol–water partition coefficient (Wildman–Crippen LogP) is 2.36. The molecule has 1 aliphatic heterocycles. The van der Waals surface area contributed by atoms with E-state index in [-0.39, 0.29) is 0 Å². The van der Waals surface area contributed by atoms with Crippen LogP contribution >= 0.6 is 0 Å². The monoisotopic (exact) mass is 264 g/mol. The summed E-state index contributed by atoms with van der Waals surface area (Å²) in [5, 5.41) is 3.44. The summed E-state index contributed by atoms with van der Waals surface area (Å²) in [6, 6.07) is 8.93. The largest absolute Gasteiger partial charge is 0.380 e. The number of nitrogens with one attached hydrogen (secondary N) is 1. The number of hydrogen-bond acceptors (Lipinski definition) is 4. The Bertz CT molecular complexity index is 361. The SMILES string of the molecule is CCOCC(C)Nc1ccc(N2CCOCC2)cc1. The average molecular weight is 264 g/mol. The zero-order valence-electron chi connectivity index (χ0n) is 11.9. The van der Waals surface area contributed by atoms with E-state index in [4.69, 9.17) is 9.47 Å². The molecule has 0 radical (unpaired) electrons. The summed E-state index contributed by atoms with van der Waals surface area (Å²) in [6.45, 7) is 9.26. The van der Waals surface area contributed by atoms with E-state index < -0.39 is 0 Å². The van der Waals surface area contributed by atoms with Gasteiger partial charge in [-0.15, -0.1) is 0 Å². The van der Waals surface area contributed by atoms with E-state index in [1.165, 1.54) is 5.69 Å². The zero-order chi connectivity index (χ0) is 13.5. The highest BCUT2D eigenvalue weighted by atomic mass is 16.5. The highest BCUT2D eigenvalue weighted by Crippen LogP contribution is 2.19. The lowest BCUT2D eigenvalue weighted by Crippen LogP contribution is -2.36. The molecule has 1 unspecified atom stereocenters. The Morgan fingerprint density at radius 1 is 1.26 bits per heavy atom. The summed E-state index contributed by atoms with van der Waals surface area (Å²) in [5.41, 5.74) is 2.41. The van der Waals surface area contributed by atoms with Gasteiger partial charge in [0.15, 0.2) is 0 Å². The number of nitrogens with zero attached hydrogens (tertiary/aromatic N) is 1. The maximum absolute atomic E-state index is 5.40. The molecule has 2 rings (SSSR count). The summed E-state index contributed by atoms with van der Waals surface area (Å²) in [7, 11) is 0. The van der Waals surface area contributed by atoms with Crippen molar-refractivity contribution in [2.75, 3.05) is 49.7 Å². The van der Waals surface area contributed by atoms with Crippen molar-refractivity contribution in [1.82, 2.24) is 0 Å². The molecule has 0 amide bonds. The van der Waals surface area contributed by atoms with Gasteiger partial charge in [-0.3, -0.25) is 0 Å². The van der Waals surface area contributed by atoms with E-state index in [1.54, 1.807) is 0 Å². The van der Waals surface area contributed by atoms with Gasteiger partial charge in [-0.25, -0.2) is 0 Å². The van der Waals surface area contributed by atoms with Gasteiger partial charge in [-0.2, -0.15) is 0 Å². The van der Waals surface area contributed by atoms with Crippen LogP contribution in [0, 0.1) is 0 Å². The number of morpholine rings is 1. The van der Waals surface area contributed by atoms with E-state index in [2.05, 4.69) is 41.4 Å². The molecule has 1 atom stereocenters. The summed E-state index contributed by atoms with van der Waals surface area (Å²) in [4.78, 5) is 2.36. The fourth-order valence-corrected chi connectivity index (χ4v) is 2.21. The molecule has 1 N–H and O–H groups in total. The van der Waals surface area contributed by atoms with Crippen LogP contribution in [-0.2, 0) is 9.47 Å². The Balaban J connectivity index is 1.86. The number of hydrogen-bond donors (Lipinski definition) is 1. The second kappa shape index (κ2) is 7.36. The van der Waals surface area contributed by atoms with Crippen LogP contribution in [0.25, 0.3) is 0 Å². The van der Waals surface area contributed by atoms with E-state index >= 15 is 0 Å². The molecule has 0 aromatic heterocycles. The summed E-state index contributed by atoms with van der Waals surface area (Å²) < 4.78 is 10.8. The van der Waals surface area contributed by atoms with Crippen molar-refractivity contribution in [1.29, 1.82) is 0 Å². The first kappa shape index (κ1) is 14.2. The number of rotatable bonds is 6. The van der Waals surface area contributed by atoms with Gasteiger partial charge in [0, 0.05) is 37.1 Å². The standard InChI is InChI=1S/C15H24N2O2/c1-3-18-12-13(2)16-14-4-6-15(7-5-14)17-8-10-19-11-9-17/h4-7,13,16H,3,8-12H2,1-2H3. The molecule has 4 heteroatoms.